The van der Waals surface area contributed by atoms with Gasteiger partial charge in [-0.2, -0.15) is 4.31 Å². The van der Waals surface area contributed by atoms with Crippen LogP contribution in [0, 0.1) is 0 Å². The summed E-state index contributed by atoms with van der Waals surface area (Å²) in [5, 5.41) is 9.30. The first kappa shape index (κ1) is 17.9. The molecule has 118 valence electrons. The van der Waals surface area contributed by atoms with Gasteiger partial charge in [0.2, 0.25) is 10.0 Å². The minimum atomic E-state index is -3.97. The number of halogens is 1. The number of hydrogen-bond acceptors (Lipinski definition) is 5. The Morgan fingerprint density at radius 2 is 2.00 bits per heavy atom. The number of rotatable bonds is 5. The van der Waals surface area contributed by atoms with Crippen molar-refractivity contribution in [2.45, 2.75) is 24.3 Å². The van der Waals surface area contributed by atoms with Gasteiger partial charge in [0.15, 0.2) is 0 Å². The number of methoxy groups -OCH3 is 1. The minimum Gasteiger partial charge on any atom is -0.465 e. The maximum atomic E-state index is 12.6. The molecule has 0 aliphatic carbocycles. The number of benzene rings is 1. The number of hydrogen-bond donors (Lipinski definition) is 1. The molecular formula is C13H18ClNO5S. The van der Waals surface area contributed by atoms with Crippen LogP contribution >= 0.6 is 11.6 Å². The van der Waals surface area contributed by atoms with Crippen molar-refractivity contribution >= 4 is 27.6 Å². The molecule has 0 saturated heterocycles. The van der Waals surface area contributed by atoms with Crippen LogP contribution in [0.4, 0.5) is 0 Å². The summed E-state index contributed by atoms with van der Waals surface area (Å²) in [7, 11) is -1.43. The molecule has 0 amide bonds. The van der Waals surface area contributed by atoms with E-state index in [9.17, 15) is 18.3 Å². The third-order valence-electron chi connectivity index (χ3n) is 3.23. The SMILES string of the molecule is COC(=O)c1ccc(Cl)c(S(=O)(=O)N(C)C(C)(C)CO)c1. The van der Waals surface area contributed by atoms with E-state index in [1.54, 1.807) is 13.8 Å². The van der Waals surface area contributed by atoms with E-state index in [1.807, 2.05) is 0 Å². The molecule has 0 heterocycles. The van der Waals surface area contributed by atoms with Crippen LogP contribution in [0.1, 0.15) is 24.2 Å². The number of nitrogens with zero attached hydrogens (tertiary/aromatic N) is 1. The minimum absolute atomic E-state index is 0.0109. The summed E-state index contributed by atoms with van der Waals surface area (Å²) >= 11 is 5.95. The molecule has 0 unspecified atom stereocenters. The molecule has 0 saturated carbocycles. The van der Waals surface area contributed by atoms with Gasteiger partial charge in [-0.1, -0.05) is 11.6 Å². The van der Waals surface area contributed by atoms with Crippen LogP contribution in [0.5, 0.6) is 0 Å². The molecule has 0 spiro atoms. The van der Waals surface area contributed by atoms with E-state index in [-0.39, 0.29) is 22.1 Å². The van der Waals surface area contributed by atoms with E-state index in [4.69, 9.17) is 11.6 Å². The topological polar surface area (TPSA) is 83.9 Å². The average molecular weight is 336 g/mol. The van der Waals surface area contributed by atoms with Gasteiger partial charge in [-0.05, 0) is 32.0 Å². The number of sulfonamides is 1. The molecule has 1 aromatic carbocycles. The van der Waals surface area contributed by atoms with Crippen molar-refractivity contribution < 1.29 is 23.1 Å². The summed E-state index contributed by atoms with van der Waals surface area (Å²) in [6.45, 7) is 2.78. The molecule has 0 aliphatic heterocycles. The Hall–Kier alpha value is -1.15. The second-order valence-electron chi connectivity index (χ2n) is 5.08. The lowest BCUT2D eigenvalue weighted by atomic mass is 10.1. The van der Waals surface area contributed by atoms with Crippen molar-refractivity contribution in [2.24, 2.45) is 0 Å². The van der Waals surface area contributed by atoms with Crippen LogP contribution in [0.2, 0.25) is 5.02 Å². The number of carbonyl (C=O) groups is 1. The van der Waals surface area contributed by atoms with Gasteiger partial charge in [0.25, 0.3) is 0 Å². The second kappa shape index (κ2) is 6.31. The molecule has 0 aliphatic rings. The van der Waals surface area contributed by atoms with Crippen LogP contribution in [-0.4, -0.2) is 50.1 Å². The molecule has 0 fully saturated rings. The number of likely N-dealkylation sites (N-methyl/N-ethyl adjacent to an activating group) is 1. The first-order chi connectivity index (χ1) is 9.57. The van der Waals surface area contributed by atoms with E-state index in [1.165, 1.54) is 26.3 Å². The Kier molecular flexibility index (Phi) is 5.38. The fourth-order valence-electron chi connectivity index (χ4n) is 1.52. The quantitative estimate of drug-likeness (QED) is 0.825. The normalized spacial score (nSPS) is 12.5. The fourth-order valence-corrected chi connectivity index (χ4v) is 3.52. The van der Waals surface area contributed by atoms with Crippen LogP contribution < -0.4 is 0 Å². The van der Waals surface area contributed by atoms with E-state index >= 15 is 0 Å². The van der Waals surface area contributed by atoms with Gasteiger partial charge in [-0.15, -0.1) is 0 Å². The Bertz CT molecular complexity index is 642. The Morgan fingerprint density at radius 3 is 2.48 bits per heavy atom. The third-order valence-corrected chi connectivity index (χ3v) is 5.78. The van der Waals surface area contributed by atoms with Gasteiger partial charge >= 0.3 is 5.97 Å². The van der Waals surface area contributed by atoms with Crippen molar-refractivity contribution in [3.8, 4) is 0 Å². The zero-order valence-electron chi connectivity index (χ0n) is 12.3. The average Bonchev–Trinajstić information content (AvgIpc) is 2.45. The summed E-state index contributed by atoms with van der Waals surface area (Å²) in [6, 6.07) is 3.86. The van der Waals surface area contributed by atoms with E-state index in [2.05, 4.69) is 4.74 Å². The highest BCUT2D eigenvalue weighted by molar-refractivity contribution is 7.89. The standard InChI is InChI=1S/C13H18ClNO5S/c1-13(2,8-16)15(3)21(18,19)11-7-9(12(17)20-4)5-6-10(11)14/h5-7,16H,8H2,1-4H3. The molecule has 0 aromatic heterocycles. The van der Waals surface area contributed by atoms with Crippen LogP contribution in [-0.2, 0) is 14.8 Å². The van der Waals surface area contributed by atoms with Gasteiger partial charge in [0, 0.05) is 7.05 Å². The Labute approximate surface area is 129 Å². The first-order valence-electron chi connectivity index (χ1n) is 6.05. The van der Waals surface area contributed by atoms with Crippen LogP contribution in [0.25, 0.3) is 0 Å². The largest absolute Gasteiger partial charge is 0.465 e. The van der Waals surface area contributed by atoms with Crippen LogP contribution in [0.15, 0.2) is 23.1 Å². The van der Waals surface area contributed by atoms with E-state index < -0.39 is 21.5 Å². The van der Waals surface area contributed by atoms with Crippen molar-refractivity contribution in [3.63, 3.8) is 0 Å². The number of carbonyl (C=O) groups excluding carboxylic acids is 1. The maximum Gasteiger partial charge on any atom is 0.337 e. The fraction of sp³-hybridized carbons (Fsp3) is 0.462. The zero-order valence-corrected chi connectivity index (χ0v) is 13.8. The number of ether oxygens (including phenoxy) is 1. The third kappa shape index (κ3) is 3.55. The predicted octanol–water partition coefficient (Wildman–Crippen LogP) is 1.52. The van der Waals surface area contributed by atoms with E-state index in [0.29, 0.717) is 0 Å². The summed E-state index contributed by atoms with van der Waals surface area (Å²) in [4.78, 5) is 11.3. The van der Waals surface area contributed by atoms with Crippen molar-refractivity contribution in [1.82, 2.24) is 4.31 Å². The smallest absolute Gasteiger partial charge is 0.337 e. The van der Waals surface area contributed by atoms with Gasteiger partial charge in [0.1, 0.15) is 4.90 Å². The van der Waals surface area contributed by atoms with Crippen molar-refractivity contribution in [1.29, 1.82) is 0 Å². The van der Waals surface area contributed by atoms with Crippen molar-refractivity contribution in [2.75, 3.05) is 20.8 Å². The molecule has 0 atom stereocenters. The molecule has 0 bridgehead atoms. The second-order valence-corrected chi connectivity index (χ2v) is 7.42. The molecule has 6 nitrogen and oxygen atoms in total. The number of aliphatic hydroxyl groups is 1. The summed E-state index contributed by atoms with van der Waals surface area (Å²) in [5.74, 6) is -0.660. The highest BCUT2D eigenvalue weighted by Gasteiger charge is 2.35. The van der Waals surface area contributed by atoms with Gasteiger partial charge in [-0.25, -0.2) is 13.2 Å². The van der Waals surface area contributed by atoms with Crippen LogP contribution in [0.3, 0.4) is 0 Å². The van der Waals surface area contributed by atoms with E-state index in [0.717, 1.165) is 10.4 Å². The lowest BCUT2D eigenvalue weighted by Crippen LogP contribution is -2.47. The highest BCUT2D eigenvalue weighted by atomic mass is 35.5. The molecule has 0 radical (unpaired) electrons. The highest BCUT2D eigenvalue weighted by Crippen LogP contribution is 2.29. The molecule has 1 N–H and O–H groups in total. The molecule has 1 rings (SSSR count). The molecule has 21 heavy (non-hydrogen) atoms. The van der Waals surface area contributed by atoms with Gasteiger partial charge in [-0.3, -0.25) is 0 Å². The number of aliphatic hydroxyl groups excluding tert-OH is 1. The Balaban J connectivity index is 3.41. The van der Waals surface area contributed by atoms with Crippen molar-refractivity contribution in [3.05, 3.63) is 28.8 Å². The summed E-state index contributed by atoms with van der Waals surface area (Å²) in [5.41, 5.74) is -0.931. The lowest BCUT2D eigenvalue weighted by Gasteiger charge is -2.33. The predicted molar refractivity (Wildman–Crippen MR) is 78.9 cm³/mol. The molecular weight excluding hydrogens is 318 g/mol. The maximum absolute atomic E-state index is 12.6. The molecule has 8 heteroatoms. The lowest BCUT2D eigenvalue weighted by molar-refractivity contribution is 0.0600. The van der Waals surface area contributed by atoms with Gasteiger partial charge < -0.3 is 9.84 Å². The summed E-state index contributed by atoms with van der Waals surface area (Å²) in [6.07, 6.45) is 0. The zero-order chi connectivity index (χ0) is 16.4. The molecule has 1 aromatic rings. The monoisotopic (exact) mass is 335 g/mol. The Morgan fingerprint density at radius 1 is 1.43 bits per heavy atom. The van der Waals surface area contributed by atoms with Gasteiger partial charge in [0.05, 0.1) is 29.8 Å². The number of esters is 1. The first-order valence-corrected chi connectivity index (χ1v) is 7.87. The summed E-state index contributed by atoms with van der Waals surface area (Å²) < 4.78 is 30.8.